The van der Waals surface area contributed by atoms with E-state index < -0.39 is 5.60 Å². The molecule has 1 amide bonds. The molecule has 0 aromatic heterocycles. The van der Waals surface area contributed by atoms with E-state index in [1.54, 1.807) is 4.90 Å². The van der Waals surface area contributed by atoms with E-state index in [4.69, 9.17) is 11.2 Å². The number of rotatable bonds is 1. The highest BCUT2D eigenvalue weighted by Crippen LogP contribution is 2.25. The summed E-state index contributed by atoms with van der Waals surface area (Å²) in [6, 6.07) is -0.197. The molecule has 0 spiro atoms. The van der Waals surface area contributed by atoms with Gasteiger partial charge in [0.15, 0.2) is 0 Å². The normalized spacial score (nSPS) is 24.3. The molecule has 0 bridgehead atoms. The molecule has 100 valence electrons. The number of hydrogen-bond donors (Lipinski definition) is 0. The van der Waals surface area contributed by atoms with Crippen LogP contribution in [0.15, 0.2) is 0 Å². The summed E-state index contributed by atoms with van der Waals surface area (Å²) in [6.07, 6.45) is 6.30. The van der Waals surface area contributed by atoms with Crippen molar-refractivity contribution in [3.63, 3.8) is 0 Å². The predicted molar refractivity (Wildman–Crippen MR) is 69.0 cm³/mol. The third kappa shape index (κ3) is 3.49. The first-order chi connectivity index (χ1) is 8.26. The van der Waals surface area contributed by atoms with Crippen LogP contribution >= 0.6 is 0 Å². The Balaban J connectivity index is 2.75. The molecule has 1 aliphatic heterocycles. The molecule has 18 heavy (non-hydrogen) atoms. The number of nitrogens with zero attached hydrogens (tertiary/aromatic N) is 1. The minimum absolute atomic E-state index is 0.197. The Hall–Kier alpha value is -1.50. The molecule has 0 aliphatic carbocycles. The molecular weight excluding hydrogens is 230 g/mol. The highest BCUT2D eigenvalue weighted by Gasteiger charge is 2.36. The van der Waals surface area contributed by atoms with Gasteiger partial charge < -0.3 is 9.64 Å². The fourth-order valence-electron chi connectivity index (χ4n) is 2.18. The topological polar surface area (TPSA) is 46.6 Å². The van der Waals surface area contributed by atoms with Crippen LogP contribution in [0.3, 0.4) is 0 Å². The van der Waals surface area contributed by atoms with E-state index in [0.29, 0.717) is 6.54 Å². The van der Waals surface area contributed by atoms with Gasteiger partial charge in [-0.15, -0.1) is 6.42 Å². The number of carbonyl (C=O) groups excluding carboxylic acids is 2. The van der Waals surface area contributed by atoms with Gasteiger partial charge in [-0.3, -0.25) is 4.79 Å². The molecule has 0 aromatic carbocycles. The summed E-state index contributed by atoms with van der Waals surface area (Å²) in [6.45, 7) is 7.93. The molecule has 1 saturated heterocycles. The van der Waals surface area contributed by atoms with Crippen LogP contribution in [-0.2, 0) is 9.53 Å². The Labute approximate surface area is 109 Å². The average molecular weight is 251 g/mol. The quantitative estimate of drug-likeness (QED) is 0.530. The van der Waals surface area contributed by atoms with E-state index in [1.165, 1.54) is 0 Å². The maximum Gasteiger partial charge on any atom is 0.410 e. The Morgan fingerprint density at radius 3 is 2.50 bits per heavy atom. The number of ether oxygens (including phenoxy) is 1. The number of Topliss-reactive ketones (excluding diaryl/α,β-unsaturated/α-hetero) is 1. The zero-order chi connectivity index (χ0) is 13.9. The molecule has 1 fully saturated rings. The minimum atomic E-state index is -0.528. The highest BCUT2D eigenvalue weighted by atomic mass is 16.6. The van der Waals surface area contributed by atoms with Crippen molar-refractivity contribution in [2.24, 2.45) is 5.92 Å². The number of amides is 1. The van der Waals surface area contributed by atoms with Gasteiger partial charge in [-0.25, -0.2) is 4.79 Å². The summed E-state index contributed by atoms with van der Waals surface area (Å²) in [5, 5.41) is 0. The van der Waals surface area contributed by atoms with E-state index in [2.05, 4.69) is 5.92 Å². The van der Waals surface area contributed by atoms with Crippen molar-refractivity contribution in [1.82, 2.24) is 4.90 Å². The number of piperidine rings is 1. The summed E-state index contributed by atoms with van der Waals surface area (Å²) in [7, 11) is 0. The first-order valence-corrected chi connectivity index (χ1v) is 6.26. The van der Waals surface area contributed by atoms with Crippen molar-refractivity contribution in [2.75, 3.05) is 6.54 Å². The average Bonchev–Trinajstić information content (AvgIpc) is 2.26. The van der Waals surface area contributed by atoms with Crippen LogP contribution in [0.25, 0.3) is 0 Å². The molecule has 0 aromatic rings. The highest BCUT2D eigenvalue weighted by molar-refractivity contribution is 5.97. The summed E-state index contributed by atoms with van der Waals surface area (Å²) in [4.78, 5) is 25.2. The van der Waals surface area contributed by atoms with Crippen molar-refractivity contribution >= 4 is 11.9 Å². The van der Waals surface area contributed by atoms with Crippen LogP contribution in [0.2, 0.25) is 0 Å². The molecule has 2 atom stereocenters. The maximum atomic E-state index is 12.0. The molecule has 0 unspecified atom stereocenters. The fraction of sp³-hybridized carbons (Fsp3) is 0.714. The lowest BCUT2D eigenvalue weighted by Crippen LogP contribution is -2.50. The van der Waals surface area contributed by atoms with E-state index in [0.717, 1.165) is 12.8 Å². The van der Waals surface area contributed by atoms with Crippen LogP contribution in [-0.4, -0.2) is 35.0 Å². The van der Waals surface area contributed by atoms with Gasteiger partial charge in [0.25, 0.3) is 0 Å². The van der Waals surface area contributed by atoms with Crippen molar-refractivity contribution in [3.8, 4) is 12.3 Å². The van der Waals surface area contributed by atoms with Gasteiger partial charge in [0.2, 0.25) is 5.78 Å². The summed E-state index contributed by atoms with van der Waals surface area (Å²) < 4.78 is 5.33. The van der Waals surface area contributed by atoms with Crippen molar-refractivity contribution < 1.29 is 14.3 Å². The van der Waals surface area contributed by atoms with Crippen LogP contribution in [0, 0.1) is 18.3 Å². The van der Waals surface area contributed by atoms with Crippen molar-refractivity contribution in [3.05, 3.63) is 0 Å². The lowest BCUT2D eigenvalue weighted by molar-refractivity contribution is -0.120. The second-order valence-electron chi connectivity index (χ2n) is 5.67. The van der Waals surface area contributed by atoms with Crippen molar-refractivity contribution in [1.29, 1.82) is 0 Å². The molecule has 1 aliphatic rings. The second kappa shape index (κ2) is 5.43. The van der Waals surface area contributed by atoms with Gasteiger partial charge in [-0.1, -0.05) is 0 Å². The maximum absolute atomic E-state index is 12.0. The lowest BCUT2D eigenvalue weighted by Gasteiger charge is -2.38. The van der Waals surface area contributed by atoms with Crippen LogP contribution < -0.4 is 0 Å². The lowest BCUT2D eigenvalue weighted by atomic mass is 9.87. The second-order valence-corrected chi connectivity index (χ2v) is 5.67. The predicted octanol–water partition coefficient (Wildman–Crippen LogP) is 2.22. The molecule has 0 radical (unpaired) electrons. The standard InChI is InChI=1S/C14H21NO3/c1-6-12(16)11-8-7-9-15(10(11)2)13(17)18-14(3,4)5/h1,10-11H,7-9H2,2-5H3/t10-,11-/m0/s1. The van der Waals surface area contributed by atoms with E-state index in [1.807, 2.05) is 27.7 Å². The van der Waals surface area contributed by atoms with Gasteiger partial charge in [-0.05, 0) is 46.5 Å². The van der Waals surface area contributed by atoms with Gasteiger partial charge in [0.1, 0.15) is 5.60 Å². The van der Waals surface area contributed by atoms with E-state index >= 15 is 0 Å². The molecular formula is C14H21NO3. The van der Waals surface area contributed by atoms with E-state index in [-0.39, 0.29) is 23.8 Å². The minimum Gasteiger partial charge on any atom is -0.444 e. The zero-order valence-corrected chi connectivity index (χ0v) is 11.5. The van der Waals surface area contributed by atoms with Gasteiger partial charge in [0, 0.05) is 12.6 Å². The van der Waals surface area contributed by atoms with Crippen LogP contribution in [0.1, 0.15) is 40.5 Å². The van der Waals surface area contributed by atoms with E-state index in [9.17, 15) is 9.59 Å². The van der Waals surface area contributed by atoms with Crippen LogP contribution in [0.4, 0.5) is 4.79 Å². The number of carbonyl (C=O) groups is 2. The van der Waals surface area contributed by atoms with Gasteiger partial charge in [-0.2, -0.15) is 0 Å². The molecule has 1 rings (SSSR count). The summed E-state index contributed by atoms with van der Waals surface area (Å²) in [5.74, 6) is 1.66. The Morgan fingerprint density at radius 2 is 2.00 bits per heavy atom. The third-order valence-electron chi connectivity index (χ3n) is 3.10. The number of hydrogen-bond acceptors (Lipinski definition) is 3. The Bertz CT molecular complexity index is 375. The van der Waals surface area contributed by atoms with Gasteiger partial charge >= 0.3 is 6.09 Å². The largest absolute Gasteiger partial charge is 0.444 e. The molecule has 4 heteroatoms. The first kappa shape index (κ1) is 14.6. The SMILES string of the molecule is C#CC(=O)[C@H]1CCCN(C(=O)OC(C)(C)C)[C@H]1C. The zero-order valence-electron chi connectivity index (χ0n) is 11.5. The molecule has 1 heterocycles. The third-order valence-corrected chi connectivity index (χ3v) is 3.10. The summed E-state index contributed by atoms with van der Waals surface area (Å²) >= 11 is 0. The molecule has 4 nitrogen and oxygen atoms in total. The molecule has 0 saturated carbocycles. The molecule has 0 N–H and O–H groups in total. The first-order valence-electron chi connectivity index (χ1n) is 6.26. The fourth-order valence-corrected chi connectivity index (χ4v) is 2.18. The number of likely N-dealkylation sites (tertiary alicyclic amines) is 1. The smallest absolute Gasteiger partial charge is 0.410 e. The Morgan fingerprint density at radius 1 is 1.39 bits per heavy atom. The Kier molecular flexibility index (Phi) is 4.39. The van der Waals surface area contributed by atoms with Crippen molar-refractivity contribution in [2.45, 2.75) is 52.2 Å². The number of terminal acetylenes is 1. The summed E-state index contributed by atoms with van der Waals surface area (Å²) in [5.41, 5.74) is -0.528. The monoisotopic (exact) mass is 251 g/mol. The van der Waals surface area contributed by atoms with Gasteiger partial charge in [0.05, 0.1) is 5.92 Å². The number of ketones is 1. The van der Waals surface area contributed by atoms with Crippen LogP contribution in [0.5, 0.6) is 0 Å².